The van der Waals surface area contributed by atoms with Crippen molar-refractivity contribution >= 4 is 11.6 Å². The second kappa shape index (κ2) is 8.43. The quantitative estimate of drug-likeness (QED) is 0.710. The largest absolute Gasteiger partial charge is 0.497 e. The lowest BCUT2D eigenvalue weighted by molar-refractivity contribution is -0.115. The van der Waals surface area contributed by atoms with Gasteiger partial charge in [0, 0.05) is 18.5 Å². The van der Waals surface area contributed by atoms with Gasteiger partial charge in [-0.1, -0.05) is 18.6 Å². The van der Waals surface area contributed by atoms with Crippen molar-refractivity contribution in [1.82, 2.24) is 14.8 Å². The van der Waals surface area contributed by atoms with Crippen LogP contribution in [0.15, 0.2) is 42.5 Å². The Kier molecular flexibility index (Phi) is 5.55. The smallest absolute Gasteiger partial charge is 0.228 e. The predicted molar refractivity (Wildman–Crippen MR) is 108 cm³/mol. The predicted octanol–water partition coefficient (Wildman–Crippen LogP) is 4.00. The molecule has 1 aromatic heterocycles. The number of hydrogen-bond donors (Lipinski definition) is 1. The van der Waals surface area contributed by atoms with E-state index in [9.17, 15) is 9.18 Å². The van der Waals surface area contributed by atoms with Crippen molar-refractivity contribution in [1.29, 1.82) is 0 Å². The molecule has 1 aliphatic rings. The first-order valence-corrected chi connectivity index (χ1v) is 9.79. The summed E-state index contributed by atoms with van der Waals surface area (Å²) in [5.41, 5.74) is 1.71. The molecule has 2 heterocycles. The fourth-order valence-electron chi connectivity index (χ4n) is 3.58. The van der Waals surface area contributed by atoms with Gasteiger partial charge in [0.2, 0.25) is 5.91 Å². The first-order valence-electron chi connectivity index (χ1n) is 9.79. The van der Waals surface area contributed by atoms with Gasteiger partial charge < -0.3 is 14.6 Å². The van der Waals surface area contributed by atoms with Crippen LogP contribution in [-0.4, -0.2) is 27.8 Å². The van der Waals surface area contributed by atoms with Gasteiger partial charge in [0.25, 0.3) is 0 Å². The van der Waals surface area contributed by atoms with Gasteiger partial charge in [0.1, 0.15) is 17.4 Å². The van der Waals surface area contributed by atoms with E-state index in [4.69, 9.17) is 4.74 Å². The summed E-state index contributed by atoms with van der Waals surface area (Å²) in [5.74, 6) is 1.64. The zero-order chi connectivity index (χ0) is 20.2. The summed E-state index contributed by atoms with van der Waals surface area (Å²) in [4.78, 5) is 12.4. The summed E-state index contributed by atoms with van der Waals surface area (Å²) >= 11 is 0. The highest BCUT2D eigenvalue weighted by Gasteiger charge is 2.17. The van der Waals surface area contributed by atoms with E-state index in [0.29, 0.717) is 5.82 Å². The Bertz CT molecular complexity index is 1010. The molecule has 0 spiro atoms. The number of nitrogens with one attached hydrogen (secondary N) is 1. The zero-order valence-electron chi connectivity index (χ0n) is 16.3. The minimum atomic E-state index is -0.479. The molecular formula is C22H23FN4O2. The second-order valence-electron chi connectivity index (χ2n) is 7.17. The molecule has 2 aromatic carbocycles. The Labute approximate surface area is 168 Å². The van der Waals surface area contributed by atoms with Crippen molar-refractivity contribution in [2.24, 2.45) is 0 Å². The molecule has 6 nitrogen and oxygen atoms in total. The Morgan fingerprint density at radius 1 is 1.14 bits per heavy atom. The fraction of sp³-hybridized carbons (Fsp3) is 0.318. The molecule has 29 heavy (non-hydrogen) atoms. The molecule has 0 aliphatic carbocycles. The highest BCUT2D eigenvalue weighted by atomic mass is 19.1. The molecule has 0 radical (unpaired) electrons. The van der Waals surface area contributed by atoms with Gasteiger partial charge in [-0.25, -0.2) is 4.39 Å². The van der Waals surface area contributed by atoms with Crippen LogP contribution in [0.5, 0.6) is 5.75 Å². The molecule has 0 saturated heterocycles. The summed E-state index contributed by atoms with van der Waals surface area (Å²) in [6, 6.07) is 11.9. The standard InChI is InChI=1S/C22H23FN4O2/c1-29-17-9-6-15(7-10-17)13-21(28)24-19-14-16(8-11-18(19)23)22-26-25-20-5-3-2-4-12-27(20)22/h6-11,14H,2-5,12-13H2,1H3,(H,24,28). The fourth-order valence-corrected chi connectivity index (χ4v) is 3.58. The van der Waals surface area contributed by atoms with E-state index in [0.717, 1.165) is 48.5 Å². The van der Waals surface area contributed by atoms with Crippen molar-refractivity contribution < 1.29 is 13.9 Å². The summed E-state index contributed by atoms with van der Waals surface area (Å²) in [7, 11) is 1.59. The summed E-state index contributed by atoms with van der Waals surface area (Å²) in [6.07, 6.45) is 4.39. The number of fused-ring (bicyclic) bond motifs is 1. The number of amides is 1. The summed E-state index contributed by atoms with van der Waals surface area (Å²) < 4.78 is 21.6. The van der Waals surface area contributed by atoms with Gasteiger partial charge >= 0.3 is 0 Å². The number of ether oxygens (including phenoxy) is 1. The summed E-state index contributed by atoms with van der Waals surface area (Å²) in [5, 5.41) is 11.3. The van der Waals surface area contributed by atoms with Crippen molar-refractivity contribution in [2.75, 3.05) is 12.4 Å². The minimum Gasteiger partial charge on any atom is -0.497 e. The van der Waals surface area contributed by atoms with Crippen molar-refractivity contribution in [3.63, 3.8) is 0 Å². The first-order chi connectivity index (χ1) is 14.1. The maximum atomic E-state index is 14.3. The Morgan fingerprint density at radius 3 is 2.76 bits per heavy atom. The van der Waals surface area contributed by atoms with E-state index in [1.165, 1.54) is 12.5 Å². The lowest BCUT2D eigenvalue weighted by Crippen LogP contribution is -2.15. The second-order valence-corrected chi connectivity index (χ2v) is 7.17. The minimum absolute atomic E-state index is 0.145. The molecule has 1 N–H and O–H groups in total. The molecule has 0 unspecified atom stereocenters. The third-order valence-corrected chi connectivity index (χ3v) is 5.13. The number of benzene rings is 2. The number of hydrogen-bond acceptors (Lipinski definition) is 4. The Hall–Kier alpha value is -3.22. The number of halogens is 1. The van der Waals surface area contributed by atoms with Crippen LogP contribution in [0.4, 0.5) is 10.1 Å². The highest BCUT2D eigenvalue weighted by Crippen LogP contribution is 2.26. The van der Waals surface area contributed by atoms with E-state index < -0.39 is 5.82 Å². The molecule has 1 aliphatic heterocycles. The van der Waals surface area contributed by atoms with Crippen LogP contribution in [-0.2, 0) is 24.2 Å². The van der Waals surface area contributed by atoms with Gasteiger partial charge in [-0.05, 0) is 48.7 Å². The number of rotatable bonds is 5. The normalized spacial score (nSPS) is 13.4. The molecule has 150 valence electrons. The number of aryl methyl sites for hydroxylation is 1. The lowest BCUT2D eigenvalue weighted by atomic mass is 10.1. The molecule has 0 atom stereocenters. The molecule has 3 aromatic rings. The van der Waals surface area contributed by atoms with Crippen LogP contribution in [0.25, 0.3) is 11.4 Å². The number of nitrogens with zero attached hydrogens (tertiary/aromatic N) is 3. The van der Waals surface area contributed by atoms with Gasteiger partial charge in [0.05, 0.1) is 19.2 Å². The number of aromatic nitrogens is 3. The molecule has 0 saturated carbocycles. The van der Waals surface area contributed by atoms with E-state index in [-0.39, 0.29) is 18.0 Å². The molecule has 0 bridgehead atoms. The van der Waals surface area contributed by atoms with E-state index in [1.807, 2.05) is 12.1 Å². The van der Waals surface area contributed by atoms with Gasteiger partial charge in [-0.3, -0.25) is 4.79 Å². The topological polar surface area (TPSA) is 69.0 Å². The summed E-state index contributed by atoms with van der Waals surface area (Å²) in [6.45, 7) is 0.855. The van der Waals surface area contributed by atoms with Crippen LogP contribution in [0.2, 0.25) is 0 Å². The lowest BCUT2D eigenvalue weighted by Gasteiger charge is -2.11. The monoisotopic (exact) mass is 394 g/mol. The molecule has 0 fully saturated rings. The van der Waals surface area contributed by atoms with Gasteiger partial charge in [-0.2, -0.15) is 0 Å². The van der Waals surface area contributed by atoms with Gasteiger partial charge in [-0.15, -0.1) is 10.2 Å². The average molecular weight is 394 g/mol. The maximum absolute atomic E-state index is 14.3. The van der Waals surface area contributed by atoms with Gasteiger partial charge in [0.15, 0.2) is 5.82 Å². The third kappa shape index (κ3) is 4.29. The zero-order valence-corrected chi connectivity index (χ0v) is 16.3. The molecule has 1 amide bonds. The van der Waals surface area contributed by atoms with Crippen LogP contribution >= 0.6 is 0 Å². The van der Waals surface area contributed by atoms with E-state index in [1.54, 1.807) is 31.4 Å². The number of anilines is 1. The van der Waals surface area contributed by atoms with Crippen molar-refractivity contribution in [3.05, 3.63) is 59.7 Å². The SMILES string of the molecule is COc1ccc(CC(=O)Nc2cc(-c3nnc4n3CCCCC4)ccc2F)cc1. The average Bonchev–Trinajstić information content (AvgIpc) is 2.98. The van der Waals surface area contributed by atoms with E-state index in [2.05, 4.69) is 20.1 Å². The van der Waals surface area contributed by atoms with Crippen LogP contribution < -0.4 is 10.1 Å². The number of carbonyl (C=O) groups is 1. The Morgan fingerprint density at radius 2 is 1.97 bits per heavy atom. The first kappa shape index (κ1) is 19.1. The van der Waals surface area contributed by atoms with E-state index >= 15 is 0 Å². The van der Waals surface area contributed by atoms with Crippen molar-refractivity contribution in [3.8, 4) is 17.1 Å². The number of carbonyl (C=O) groups excluding carboxylic acids is 1. The maximum Gasteiger partial charge on any atom is 0.228 e. The molecule has 4 rings (SSSR count). The Balaban J connectivity index is 1.52. The van der Waals surface area contributed by atoms with Crippen LogP contribution in [0.1, 0.15) is 30.7 Å². The molecule has 7 heteroatoms. The highest BCUT2D eigenvalue weighted by molar-refractivity contribution is 5.93. The van der Waals surface area contributed by atoms with Crippen LogP contribution in [0, 0.1) is 5.82 Å². The number of methoxy groups -OCH3 is 1. The van der Waals surface area contributed by atoms with Crippen LogP contribution in [0.3, 0.4) is 0 Å². The molecular weight excluding hydrogens is 371 g/mol. The third-order valence-electron chi connectivity index (χ3n) is 5.13. The van der Waals surface area contributed by atoms with Crippen molar-refractivity contribution in [2.45, 2.75) is 38.6 Å².